The summed E-state index contributed by atoms with van der Waals surface area (Å²) >= 11 is 0. The van der Waals surface area contributed by atoms with Gasteiger partial charge in [0.25, 0.3) is 0 Å². The summed E-state index contributed by atoms with van der Waals surface area (Å²) in [6.45, 7) is 3.89. The van der Waals surface area contributed by atoms with E-state index in [1.807, 2.05) is 13.8 Å². The minimum atomic E-state index is 0.0413. The van der Waals surface area contributed by atoms with Crippen LogP contribution in [0, 0.1) is 13.8 Å². The van der Waals surface area contributed by atoms with Crippen molar-refractivity contribution in [1.82, 2.24) is 0 Å². The lowest BCUT2D eigenvalue weighted by atomic mass is 10.0. The summed E-state index contributed by atoms with van der Waals surface area (Å²) in [5.41, 5.74) is 2.44. The molecule has 4 heteroatoms. The third kappa shape index (κ3) is 2.17. The molecule has 0 spiro atoms. The van der Waals surface area contributed by atoms with E-state index in [-0.39, 0.29) is 12.3 Å². The van der Waals surface area contributed by atoms with Crippen LogP contribution in [0.3, 0.4) is 0 Å². The predicted molar refractivity (Wildman–Crippen MR) is 56.0 cm³/mol. The third-order valence-corrected chi connectivity index (χ3v) is 2.36. The average Bonchev–Trinajstić information content (AvgIpc) is 2.22. The van der Waals surface area contributed by atoms with Crippen LogP contribution in [0.5, 0.6) is 11.5 Å². The maximum Gasteiger partial charge on any atom is 0.235 e. The Morgan fingerprint density at radius 1 is 1.53 bits per heavy atom. The molecule has 4 nitrogen and oxygen atoms in total. The minimum Gasteiger partial charge on any atom is -0.504 e. The van der Waals surface area contributed by atoms with E-state index in [1.54, 1.807) is 6.07 Å². The molecule has 0 unspecified atom stereocenters. The molecule has 1 N–H and O–H groups in total. The molecule has 0 saturated heterocycles. The topological polar surface area (TPSA) is 58.9 Å². The number of hydrogen-bond acceptors (Lipinski definition) is 4. The number of aryl methyl sites for hydroxylation is 1. The van der Waals surface area contributed by atoms with Gasteiger partial charge in [0.1, 0.15) is 0 Å². The molecule has 0 atom stereocenters. The van der Waals surface area contributed by atoms with Crippen molar-refractivity contribution in [3.05, 3.63) is 22.8 Å². The maximum absolute atomic E-state index is 9.99. The van der Waals surface area contributed by atoms with Crippen LogP contribution in [-0.2, 0) is 11.3 Å². The van der Waals surface area contributed by atoms with Crippen LogP contribution >= 0.6 is 0 Å². The third-order valence-electron chi connectivity index (χ3n) is 2.36. The zero-order valence-electron chi connectivity index (χ0n) is 9.00. The van der Waals surface area contributed by atoms with Gasteiger partial charge in [-0.3, -0.25) is 0 Å². The van der Waals surface area contributed by atoms with E-state index < -0.39 is 0 Å². The molecule has 1 rings (SSSR count). The number of methoxy groups -OCH3 is 1. The Labute approximate surface area is 88.2 Å². The molecule has 1 aromatic carbocycles. The van der Waals surface area contributed by atoms with E-state index in [0.717, 1.165) is 11.1 Å². The fourth-order valence-corrected chi connectivity index (χ4v) is 1.43. The first-order chi connectivity index (χ1) is 7.11. The molecule has 0 saturated carbocycles. The number of nitrogens with zero attached hydrogens (tertiary/aromatic N) is 1. The Bertz CT molecular complexity index is 420. The number of isocyanates is 1. The molecule has 0 aromatic heterocycles. The standard InChI is InChI=1S/C11H13NO3/c1-7-4-9(5-12-6-13)10(14)11(15-3)8(7)2/h4,14H,5H2,1-3H3. The van der Waals surface area contributed by atoms with Gasteiger partial charge in [-0.05, 0) is 31.0 Å². The highest BCUT2D eigenvalue weighted by molar-refractivity contribution is 5.54. The summed E-state index contributed by atoms with van der Waals surface area (Å²) in [6, 6.07) is 1.79. The molecule has 0 aliphatic rings. The second-order valence-corrected chi connectivity index (χ2v) is 3.27. The quantitative estimate of drug-likeness (QED) is 0.607. The Kier molecular flexibility index (Phi) is 3.47. The van der Waals surface area contributed by atoms with Crippen LogP contribution in [0.2, 0.25) is 0 Å². The van der Waals surface area contributed by atoms with Gasteiger partial charge in [-0.1, -0.05) is 0 Å². The first-order valence-corrected chi connectivity index (χ1v) is 4.51. The highest BCUT2D eigenvalue weighted by Gasteiger charge is 2.12. The van der Waals surface area contributed by atoms with Crippen LogP contribution < -0.4 is 4.74 Å². The number of phenolic OH excluding ortho intramolecular Hbond substituents is 1. The second-order valence-electron chi connectivity index (χ2n) is 3.27. The summed E-state index contributed by atoms with van der Waals surface area (Å²) in [4.78, 5) is 13.4. The Morgan fingerprint density at radius 2 is 2.20 bits per heavy atom. The minimum absolute atomic E-state index is 0.0413. The van der Waals surface area contributed by atoms with Crippen LogP contribution in [0.1, 0.15) is 16.7 Å². The molecule has 15 heavy (non-hydrogen) atoms. The van der Waals surface area contributed by atoms with Crippen LogP contribution in [-0.4, -0.2) is 18.3 Å². The number of carbonyl (C=O) groups excluding carboxylic acids is 1. The van der Waals surface area contributed by atoms with Crippen LogP contribution in [0.15, 0.2) is 11.1 Å². The molecule has 0 radical (unpaired) electrons. The fraction of sp³-hybridized carbons (Fsp3) is 0.364. The van der Waals surface area contributed by atoms with E-state index in [1.165, 1.54) is 13.2 Å². The van der Waals surface area contributed by atoms with Crippen molar-refractivity contribution in [1.29, 1.82) is 0 Å². The van der Waals surface area contributed by atoms with E-state index in [9.17, 15) is 9.90 Å². The smallest absolute Gasteiger partial charge is 0.235 e. The Morgan fingerprint density at radius 3 is 2.73 bits per heavy atom. The zero-order chi connectivity index (χ0) is 11.4. The molecule has 0 aliphatic heterocycles. The van der Waals surface area contributed by atoms with E-state index in [4.69, 9.17) is 4.74 Å². The summed E-state index contributed by atoms with van der Waals surface area (Å²) in [6.07, 6.45) is 1.44. The molecule has 0 bridgehead atoms. The maximum atomic E-state index is 9.99. The first-order valence-electron chi connectivity index (χ1n) is 4.51. The molecule has 1 aromatic rings. The van der Waals surface area contributed by atoms with Crippen molar-refractivity contribution < 1.29 is 14.6 Å². The summed E-state index contributed by atoms with van der Waals surface area (Å²) in [5, 5.41) is 9.81. The van der Waals surface area contributed by atoms with Gasteiger partial charge in [0.15, 0.2) is 11.5 Å². The van der Waals surface area contributed by atoms with Crippen molar-refractivity contribution in [3.8, 4) is 11.5 Å². The van der Waals surface area contributed by atoms with Gasteiger partial charge in [-0.25, -0.2) is 9.79 Å². The number of aromatic hydroxyl groups is 1. The largest absolute Gasteiger partial charge is 0.504 e. The van der Waals surface area contributed by atoms with Crippen molar-refractivity contribution in [2.45, 2.75) is 20.4 Å². The molecule has 0 aliphatic carbocycles. The summed E-state index contributed by atoms with van der Waals surface area (Å²) < 4.78 is 5.09. The number of hydrogen-bond donors (Lipinski definition) is 1. The molecule has 0 fully saturated rings. The summed E-state index contributed by atoms with van der Waals surface area (Å²) in [5.74, 6) is 0.477. The zero-order valence-corrected chi connectivity index (χ0v) is 9.00. The lowest BCUT2D eigenvalue weighted by Crippen LogP contribution is -1.95. The molecule has 80 valence electrons. The highest BCUT2D eigenvalue weighted by atomic mass is 16.5. The van der Waals surface area contributed by atoms with Crippen molar-refractivity contribution in [2.75, 3.05) is 7.11 Å². The number of ether oxygens (including phenoxy) is 1. The van der Waals surface area contributed by atoms with Gasteiger partial charge in [0, 0.05) is 5.56 Å². The number of aliphatic imine (C=N–C) groups is 1. The van der Waals surface area contributed by atoms with Crippen molar-refractivity contribution in [3.63, 3.8) is 0 Å². The van der Waals surface area contributed by atoms with E-state index in [0.29, 0.717) is 11.3 Å². The van der Waals surface area contributed by atoms with Gasteiger partial charge in [0.2, 0.25) is 6.08 Å². The molecule has 0 amide bonds. The first kappa shape index (κ1) is 11.3. The molecular weight excluding hydrogens is 194 g/mol. The normalized spacial score (nSPS) is 9.53. The van der Waals surface area contributed by atoms with Crippen molar-refractivity contribution in [2.24, 2.45) is 4.99 Å². The number of phenols is 1. The predicted octanol–water partition coefficient (Wildman–Crippen LogP) is 1.85. The molecule has 0 heterocycles. The second kappa shape index (κ2) is 4.62. The molecular formula is C11H13NO3. The van der Waals surface area contributed by atoms with Gasteiger partial charge in [0.05, 0.1) is 13.7 Å². The van der Waals surface area contributed by atoms with Crippen molar-refractivity contribution >= 4 is 6.08 Å². The van der Waals surface area contributed by atoms with Crippen LogP contribution in [0.25, 0.3) is 0 Å². The van der Waals surface area contributed by atoms with Crippen LogP contribution in [0.4, 0.5) is 0 Å². The number of benzene rings is 1. The SMILES string of the molecule is COc1c(C)c(C)cc(CN=C=O)c1O. The Balaban J connectivity index is 3.29. The van der Waals surface area contributed by atoms with Gasteiger partial charge >= 0.3 is 0 Å². The van der Waals surface area contributed by atoms with Gasteiger partial charge < -0.3 is 9.84 Å². The average molecular weight is 207 g/mol. The van der Waals surface area contributed by atoms with Gasteiger partial charge in [-0.2, -0.15) is 0 Å². The Hall–Kier alpha value is -1.80. The summed E-state index contributed by atoms with van der Waals surface area (Å²) in [7, 11) is 1.49. The van der Waals surface area contributed by atoms with Gasteiger partial charge in [-0.15, -0.1) is 0 Å². The lowest BCUT2D eigenvalue weighted by molar-refractivity contribution is 0.367. The monoisotopic (exact) mass is 207 g/mol. The lowest BCUT2D eigenvalue weighted by Gasteiger charge is -2.12. The fourth-order valence-electron chi connectivity index (χ4n) is 1.43. The number of rotatable bonds is 3. The van der Waals surface area contributed by atoms with E-state index in [2.05, 4.69) is 4.99 Å². The van der Waals surface area contributed by atoms with E-state index >= 15 is 0 Å². The highest BCUT2D eigenvalue weighted by Crippen LogP contribution is 2.35.